The molecule has 1 aliphatic heterocycles. The van der Waals surface area contributed by atoms with E-state index in [1.807, 2.05) is 18.2 Å². The van der Waals surface area contributed by atoms with Crippen molar-refractivity contribution < 1.29 is 9.53 Å². The van der Waals surface area contributed by atoms with E-state index < -0.39 is 0 Å². The molecule has 0 spiro atoms. The van der Waals surface area contributed by atoms with Crippen molar-refractivity contribution in [3.8, 4) is 0 Å². The highest BCUT2D eigenvalue weighted by atomic mass is 16.5. The Kier molecular flexibility index (Phi) is 3.70. The number of benzene rings is 1. The first-order valence-corrected chi connectivity index (χ1v) is 5.64. The molecule has 16 heavy (non-hydrogen) atoms. The van der Waals surface area contributed by atoms with Crippen molar-refractivity contribution in [1.29, 1.82) is 0 Å². The molecule has 0 aliphatic carbocycles. The lowest BCUT2D eigenvalue weighted by Gasteiger charge is -2.31. The van der Waals surface area contributed by atoms with Gasteiger partial charge in [0.05, 0.1) is 6.61 Å². The minimum atomic E-state index is -0.238. The second kappa shape index (κ2) is 5.23. The van der Waals surface area contributed by atoms with E-state index in [4.69, 9.17) is 4.74 Å². The molecule has 0 N–H and O–H groups in total. The zero-order valence-electron chi connectivity index (χ0n) is 9.56. The van der Waals surface area contributed by atoms with E-state index in [0.29, 0.717) is 13.2 Å². The fourth-order valence-corrected chi connectivity index (χ4v) is 1.93. The Morgan fingerprint density at radius 2 is 2.19 bits per heavy atom. The third kappa shape index (κ3) is 2.90. The van der Waals surface area contributed by atoms with Crippen LogP contribution in [-0.4, -0.2) is 36.5 Å². The quantitative estimate of drug-likeness (QED) is 0.771. The van der Waals surface area contributed by atoms with Crippen molar-refractivity contribution in [2.24, 2.45) is 0 Å². The number of carbonyl (C=O) groups excluding carboxylic acids is 1. The molecular weight excluding hydrogens is 202 g/mol. The van der Waals surface area contributed by atoms with Gasteiger partial charge in [-0.25, -0.2) is 0 Å². The van der Waals surface area contributed by atoms with Gasteiger partial charge in [0.2, 0.25) is 0 Å². The van der Waals surface area contributed by atoms with Gasteiger partial charge < -0.3 is 4.74 Å². The predicted octanol–water partition coefficient (Wildman–Crippen LogP) is 1.48. The average Bonchev–Trinajstić information content (AvgIpc) is 2.30. The zero-order valence-corrected chi connectivity index (χ0v) is 9.56. The van der Waals surface area contributed by atoms with Gasteiger partial charge >= 0.3 is 0 Å². The summed E-state index contributed by atoms with van der Waals surface area (Å²) < 4.78 is 5.42. The summed E-state index contributed by atoms with van der Waals surface area (Å²) in [6, 6.07) is 10.3. The lowest BCUT2D eigenvalue weighted by molar-refractivity contribution is -0.134. The van der Waals surface area contributed by atoms with Gasteiger partial charge in [-0.3, -0.25) is 9.69 Å². The van der Waals surface area contributed by atoms with E-state index in [0.717, 1.165) is 13.1 Å². The Balaban J connectivity index is 1.93. The monoisotopic (exact) mass is 219 g/mol. The number of rotatable bonds is 3. The molecule has 1 saturated heterocycles. The van der Waals surface area contributed by atoms with Crippen LogP contribution in [0.2, 0.25) is 0 Å². The van der Waals surface area contributed by atoms with E-state index in [2.05, 4.69) is 17.0 Å². The largest absolute Gasteiger partial charge is 0.368 e. The van der Waals surface area contributed by atoms with Crippen LogP contribution in [-0.2, 0) is 16.1 Å². The van der Waals surface area contributed by atoms with E-state index in [1.165, 1.54) is 5.56 Å². The number of ether oxygens (including phenoxy) is 1. The normalized spacial score (nSPS) is 21.9. The van der Waals surface area contributed by atoms with E-state index in [1.54, 1.807) is 6.92 Å². The number of ketones is 1. The summed E-state index contributed by atoms with van der Waals surface area (Å²) in [7, 11) is 0. The molecule has 0 amide bonds. The minimum Gasteiger partial charge on any atom is -0.368 e. The molecule has 0 aromatic heterocycles. The lowest BCUT2D eigenvalue weighted by atomic mass is 10.1. The van der Waals surface area contributed by atoms with Gasteiger partial charge in [0.25, 0.3) is 0 Å². The number of morpholine rings is 1. The van der Waals surface area contributed by atoms with Crippen LogP contribution >= 0.6 is 0 Å². The summed E-state index contributed by atoms with van der Waals surface area (Å²) in [5.74, 6) is 0.123. The van der Waals surface area contributed by atoms with Crippen LogP contribution in [0.25, 0.3) is 0 Å². The van der Waals surface area contributed by atoms with Gasteiger partial charge in [0.1, 0.15) is 6.10 Å². The van der Waals surface area contributed by atoms with E-state index >= 15 is 0 Å². The number of carbonyl (C=O) groups is 1. The molecule has 0 bridgehead atoms. The molecule has 0 unspecified atom stereocenters. The molecule has 1 aromatic carbocycles. The van der Waals surface area contributed by atoms with Crippen LogP contribution in [0.4, 0.5) is 0 Å². The average molecular weight is 219 g/mol. The predicted molar refractivity (Wildman–Crippen MR) is 62.1 cm³/mol. The topological polar surface area (TPSA) is 29.5 Å². The van der Waals surface area contributed by atoms with Crippen molar-refractivity contribution >= 4 is 5.78 Å². The van der Waals surface area contributed by atoms with Crippen molar-refractivity contribution in [3.05, 3.63) is 35.9 Å². The molecule has 1 heterocycles. The Bertz CT molecular complexity index is 350. The Morgan fingerprint density at radius 3 is 2.88 bits per heavy atom. The summed E-state index contributed by atoms with van der Waals surface area (Å²) in [5, 5.41) is 0. The first-order valence-electron chi connectivity index (χ1n) is 5.64. The summed E-state index contributed by atoms with van der Waals surface area (Å²) in [4.78, 5) is 13.5. The van der Waals surface area contributed by atoms with Crippen LogP contribution in [0.3, 0.4) is 0 Å². The summed E-state index contributed by atoms with van der Waals surface area (Å²) in [5.41, 5.74) is 1.28. The zero-order chi connectivity index (χ0) is 11.4. The fraction of sp³-hybridized carbons (Fsp3) is 0.462. The first-order chi connectivity index (χ1) is 7.75. The van der Waals surface area contributed by atoms with Crippen LogP contribution in [0.1, 0.15) is 12.5 Å². The molecule has 2 rings (SSSR count). The van der Waals surface area contributed by atoms with Gasteiger partial charge in [0.15, 0.2) is 5.78 Å². The molecule has 3 nitrogen and oxygen atoms in total. The van der Waals surface area contributed by atoms with Crippen LogP contribution in [0, 0.1) is 0 Å². The molecule has 3 heteroatoms. The Labute approximate surface area is 96.0 Å². The molecule has 1 aromatic rings. The van der Waals surface area contributed by atoms with Crippen molar-refractivity contribution in [3.63, 3.8) is 0 Å². The van der Waals surface area contributed by atoms with Gasteiger partial charge in [-0.05, 0) is 12.5 Å². The second-order valence-electron chi connectivity index (χ2n) is 4.19. The Hall–Kier alpha value is -1.19. The highest BCUT2D eigenvalue weighted by Gasteiger charge is 2.23. The maximum atomic E-state index is 11.2. The second-order valence-corrected chi connectivity index (χ2v) is 4.19. The van der Waals surface area contributed by atoms with Gasteiger partial charge in [-0.2, -0.15) is 0 Å². The van der Waals surface area contributed by atoms with E-state index in [9.17, 15) is 4.79 Å². The van der Waals surface area contributed by atoms with Crippen LogP contribution < -0.4 is 0 Å². The molecule has 1 aliphatic rings. The molecule has 1 fully saturated rings. The van der Waals surface area contributed by atoms with Gasteiger partial charge in [0, 0.05) is 19.6 Å². The number of nitrogens with zero attached hydrogens (tertiary/aromatic N) is 1. The summed E-state index contributed by atoms with van der Waals surface area (Å²) >= 11 is 0. The highest BCUT2D eigenvalue weighted by Crippen LogP contribution is 2.10. The van der Waals surface area contributed by atoms with Gasteiger partial charge in [-0.1, -0.05) is 30.3 Å². The van der Waals surface area contributed by atoms with E-state index in [-0.39, 0.29) is 11.9 Å². The fourth-order valence-electron chi connectivity index (χ4n) is 1.93. The van der Waals surface area contributed by atoms with Crippen molar-refractivity contribution in [2.75, 3.05) is 19.7 Å². The third-order valence-corrected chi connectivity index (χ3v) is 2.85. The minimum absolute atomic E-state index is 0.123. The van der Waals surface area contributed by atoms with Crippen molar-refractivity contribution in [1.82, 2.24) is 4.90 Å². The standard InChI is InChI=1S/C13H17NO2/c1-11(15)13-10-14(7-8-16-13)9-12-5-3-2-4-6-12/h2-6,13H,7-10H2,1H3/t13-/m1/s1. The summed E-state index contributed by atoms with van der Waals surface area (Å²) in [6.07, 6.45) is -0.238. The smallest absolute Gasteiger partial charge is 0.159 e. The number of Topliss-reactive ketones (excluding diaryl/α,β-unsaturated/α-hetero) is 1. The molecular formula is C13H17NO2. The number of hydrogen-bond acceptors (Lipinski definition) is 3. The van der Waals surface area contributed by atoms with Crippen LogP contribution in [0.15, 0.2) is 30.3 Å². The maximum Gasteiger partial charge on any atom is 0.159 e. The van der Waals surface area contributed by atoms with Crippen LogP contribution in [0.5, 0.6) is 0 Å². The first kappa shape index (κ1) is 11.3. The SMILES string of the molecule is CC(=O)[C@H]1CN(Cc2ccccc2)CCO1. The molecule has 0 saturated carbocycles. The summed E-state index contributed by atoms with van der Waals surface area (Å²) in [6.45, 7) is 4.75. The molecule has 1 atom stereocenters. The molecule has 0 radical (unpaired) electrons. The lowest BCUT2D eigenvalue weighted by Crippen LogP contribution is -2.44. The number of hydrogen-bond donors (Lipinski definition) is 0. The van der Waals surface area contributed by atoms with Crippen molar-refractivity contribution in [2.45, 2.75) is 19.6 Å². The Morgan fingerprint density at radius 1 is 1.44 bits per heavy atom. The highest BCUT2D eigenvalue weighted by molar-refractivity contribution is 5.80. The maximum absolute atomic E-state index is 11.2. The third-order valence-electron chi connectivity index (χ3n) is 2.85. The van der Waals surface area contributed by atoms with Gasteiger partial charge in [-0.15, -0.1) is 0 Å². The molecule has 86 valence electrons.